The van der Waals surface area contributed by atoms with Crippen molar-refractivity contribution >= 4 is 22.6 Å². The lowest BCUT2D eigenvalue weighted by Crippen LogP contribution is -2.09. The molecular formula is C12H12N2O2. The molecule has 0 saturated heterocycles. The first-order valence-electron chi connectivity index (χ1n) is 4.88. The van der Waals surface area contributed by atoms with Crippen molar-refractivity contribution < 1.29 is 9.53 Å². The van der Waals surface area contributed by atoms with Gasteiger partial charge in [0.15, 0.2) is 0 Å². The monoisotopic (exact) mass is 216 g/mol. The summed E-state index contributed by atoms with van der Waals surface area (Å²) in [5.74, 6) is -0.431. The third-order valence-corrected chi connectivity index (χ3v) is 2.51. The maximum absolute atomic E-state index is 11.7. The molecule has 0 unspecified atom stereocenters. The van der Waals surface area contributed by atoms with Gasteiger partial charge in [0, 0.05) is 5.39 Å². The second kappa shape index (κ2) is 3.81. The van der Waals surface area contributed by atoms with Gasteiger partial charge in [0.1, 0.15) is 0 Å². The van der Waals surface area contributed by atoms with Gasteiger partial charge >= 0.3 is 5.97 Å². The Balaban J connectivity index is 2.87. The minimum atomic E-state index is -0.431. The topological polar surface area (TPSA) is 65.2 Å². The summed E-state index contributed by atoms with van der Waals surface area (Å²) in [4.78, 5) is 16.0. The van der Waals surface area contributed by atoms with Crippen molar-refractivity contribution in [2.45, 2.75) is 6.92 Å². The van der Waals surface area contributed by atoms with E-state index in [1.54, 1.807) is 6.92 Å². The fourth-order valence-corrected chi connectivity index (χ4v) is 1.67. The number of hydrogen-bond donors (Lipinski definition) is 1. The molecule has 0 atom stereocenters. The van der Waals surface area contributed by atoms with Crippen LogP contribution in [-0.2, 0) is 4.74 Å². The Morgan fingerprint density at radius 3 is 2.75 bits per heavy atom. The van der Waals surface area contributed by atoms with Gasteiger partial charge in [0.2, 0.25) is 0 Å². The fraction of sp³-hybridized carbons (Fsp3) is 0.167. The van der Waals surface area contributed by atoms with Crippen molar-refractivity contribution in [2.75, 3.05) is 12.8 Å². The van der Waals surface area contributed by atoms with E-state index in [-0.39, 0.29) is 0 Å². The van der Waals surface area contributed by atoms with Crippen LogP contribution in [0.2, 0.25) is 0 Å². The van der Waals surface area contributed by atoms with Gasteiger partial charge < -0.3 is 10.5 Å². The van der Waals surface area contributed by atoms with E-state index in [0.717, 1.165) is 10.9 Å². The largest absolute Gasteiger partial charge is 0.465 e. The Labute approximate surface area is 93.0 Å². The van der Waals surface area contributed by atoms with Gasteiger partial charge in [-0.2, -0.15) is 0 Å². The number of methoxy groups -OCH3 is 1. The molecule has 0 amide bonds. The summed E-state index contributed by atoms with van der Waals surface area (Å²) in [6.07, 6.45) is 0. The third-order valence-electron chi connectivity index (χ3n) is 2.51. The van der Waals surface area contributed by atoms with Crippen molar-refractivity contribution in [3.05, 3.63) is 35.5 Å². The number of nitrogens with zero attached hydrogens (tertiary/aromatic N) is 1. The molecule has 2 N–H and O–H groups in total. The van der Waals surface area contributed by atoms with Crippen LogP contribution in [0.15, 0.2) is 24.3 Å². The number of aryl methyl sites for hydroxylation is 1. The number of fused-ring (bicyclic) bond motifs is 1. The lowest BCUT2D eigenvalue weighted by atomic mass is 10.1. The number of para-hydroxylation sites is 1. The molecule has 0 radical (unpaired) electrons. The van der Waals surface area contributed by atoms with Crippen molar-refractivity contribution in [1.82, 2.24) is 4.98 Å². The summed E-state index contributed by atoms with van der Waals surface area (Å²) in [7, 11) is 1.34. The van der Waals surface area contributed by atoms with Crippen LogP contribution in [0.5, 0.6) is 0 Å². The van der Waals surface area contributed by atoms with Gasteiger partial charge in [-0.25, -0.2) is 4.79 Å². The number of hydrogen-bond acceptors (Lipinski definition) is 4. The molecule has 0 aliphatic heterocycles. The van der Waals surface area contributed by atoms with Crippen LogP contribution in [0.25, 0.3) is 10.9 Å². The number of carbonyl (C=O) groups is 1. The third kappa shape index (κ3) is 1.48. The Morgan fingerprint density at radius 1 is 1.38 bits per heavy atom. The molecule has 0 aliphatic carbocycles. The number of rotatable bonds is 1. The van der Waals surface area contributed by atoms with E-state index in [9.17, 15) is 4.79 Å². The maximum atomic E-state index is 11.7. The zero-order chi connectivity index (χ0) is 11.7. The molecule has 2 aromatic rings. The highest BCUT2D eigenvalue weighted by molar-refractivity contribution is 6.08. The van der Waals surface area contributed by atoms with E-state index in [0.29, 0.717) is 16.9 Å². The van der Waals surface area contributed by atoms with Gasteiger partial charge in [-0.15, -0.1) is 0 Å². The molecule has 1 heterocycles. The lowest BCUT2D eigenvalue weighted by molar-refractivity contribution is 0.0604. The molecule has 4 heteroatoms. The van der Waals surface area contributed by atoms with Crippen LogP contribution >= 0.6 is 0 Å². The fourth-order valence-electron chi connectivity index (χ4n) is 1.67. The predicted octanol–water partition coefficient (Wildman–Crippen LogP) is 1.91. The summed E-state index contributed by atoms with van der Waals surface area (Å²) in [6.45, 7) is 1.77. The average Bonchev–Trinajstić information content (AvgIpc) is 2.30. The maximum Gasteiger partial charge on any atom is 0.340 e. The lowest BCUT2D eigenvalue weighted by Gasteiger charge is -2.09. The number of pyridine rings is 1. The van der Waals surface area contributed by atoms with Crippen molar-refractivity contribution in [3.8, 4) is 0 Å². The Morgan fingerprint density at radius 2 is 2.06 bits per heavy atom. The van der Waals surface area contributed by atoms with E-state index in [1.165, 1.54) is 7.11 Å². The molecule has 0 spiro atoms. The molecule has 4 nitrogen and oxygen atoms in total. The molecule has 0 bridgehead atoms. The van der Waals surface area contributed by atoms with Crippen LogP contribution in [0.1, 0.15) is 16.1 Å². The minimum Gasteiger partial charge on any atom is -0.465 e. The number of anilines is 1. The first-order chi connectivity index (χ1) is 7.65. The SMILES string of the molecule is COC(=O)c1c(N)c(C)nc2ccccc12. The number of nitrogens with two attached hydrogens (primary N) is 1. The van der Waals surface area contributed by atoms with E-state index in [1.807, 2.05) is 24.3 Å². The van der Waals surface area contributed by atoms with Crippen molar-refractivity contribution in [1.29, 1.82) is 0 Å². The molecule has 1 aromatic heterocycles. The van der Waals surface area contributed by atoms with E-state index in [4.69, 9.17) is 10.5 Å². The molecule has 0 aliphatic rings. The summed E-state index contributed by atoms with van der Waals surface area (Å²) in [5, 5.41) is 0.720. The van der Waals surface area contributed by atoms with Gasteiger partial charge in [-0.05, 0) is 13.0 Å². The van der Waals surface area contributed by atoms with Crippen LogP contribution in [0.4, 0.5) is 5.69 Å². The molecular weight excluding hydrogens is 204 g/mol. The average molecular weight is 216 g/mol. The predicted molar refractivity (Wildman–Crippen MR) is 62.2 cm³/mol. The summed E-state index contributed by atoms with van der Waals surface area (Å²) in [6, 6.07) is 7.36. The minimum absolute atomic E-state index is 0.380. The molecule has 1 aromatic carbocycles. The van der Waals surface area contributed by atoms with E-state index >= 15 is 0 Å². The first kappa shape index (κ1) is 10.4. The number of nitrogen functional groups attached to an aromatic ring is 1. The number of esters is 1. The van der Waals surface area contributed by atoms with Crippen molar-refractivity contribution in [2.24, 2.45) is 0 Å². The second-order valence-corrected chi connectivity index (χ2v) is 3.49. The molecule has 2 rings (SSSR count). The molecule has 16 heavy (non-hydrogen) atoms. The number of carbonyl (C=O) groups excluding carboxylic acids is 1. The summed E-state index contributed by atoms with van der Waals surface area (Å²) >= 11 is 0. The second-order valence-electron chi connectivity index (χ2n) is 3.49. The summed E-state index contributed by atoms with van der Waals surface area (Å²) in [5.41, 5.74) is 8.02. The van der Waals surface area contributed by atoms with Crippen molar-refractivity contribution in [3.63, 3.8) is 0 Å². The highest BCUT2D eigenvalue weighted by atomic mass is 16.5. The molecule has 0 saturated carbocycles. The van der Waals surface area contributed by atoms with Gasteiger partial charge in [0.05, 0.1) is 29.6 Å². The van der Waals surface area contributed by atoms with Gasteiger partial charge in [-0.1, -0.05) is 18.2 Å². The summed E-state index contributed by atoms with van der Waals surface area (Å²) < 4.78 is 4.73. The molecule has 82 valence electrons. The first-order valence-corrected chi connectivity index (χ1v) is 4.88. The van der Waals surface area contributed by atoms with E-state index < -0.39 is 5.97 Å². The van der Waals surface area contributed by atoms with Crippen LogP contribution in [0, 0.1) is 6.92 Å². The van der Waals surface area contributed by atoms with E-state index in [2.05, 4.69) is 4.98 Å². The number of ether oxygens (including phenoxy) is 1. The Kier molecular flexibility index (Phi) is 2.48. The van der Waals surface area contributed by atoms with Crippen LogP contribution in [-0.4, -0.2) is 18.1 Å². The van der Waals surface area contributed by atoms with Gasteiger partial charge in [-0.3, -0.25) is 4.98 Å². The normalized spacial score (nSPS) is 10.4. The quantitative estimate of drug-likeness (QED) is 0.739. The zero-order valence-electron chi connectivity index (χ0n) is 9.15. The van der Waals surface area contributed by atoms with Crippen LogP contribution in [0.3, 0.4) is 0 Å². The Hall–Kier alpha value is -2.10. The number of aromatic nitrogens is 1. The van der Waals surface area contributed by atoms with Gasteiger partial charge in [0.25, 0.3) is 0 Å². The van der Waals surface area contributed by atoms with Crippen LogP contribution < -0.4 is 5.73 Å². The Bertz CT molecular complexity index is 564. The number of benzene rings is 1. The standard InChI is InChI=1S/C12H12N2O2/c1-7-11(13)10(12(15)16-2)8-5-3-4-6-9(8)14-7/h3-6H,13H2,1-2H3. The highest BCUT2D eigenvalue weighted by Crippen LogP contribution is 2.25. The molecule has 0 fully saturated rings. The zero-order valence-corrected chi connectivity index (χ0v) is 9.15. The smallest absolute Gasteiger partial charge is 0.340 e. The highest BCUT2D eigenvalue weighted by Gasteiger charge is 2.16.